The molecule has 0 aliphatic carbocycles. The van der Waals surface area contributed by atoms with Gasteiger partial charge in [0.1, 0.15) is 24.4 Å². The minimum Gasteiger partial charge on any atom is -0.346 e. The zero-order valence-electron chi connectivity index (χ0n) is 18.1. The molecule has 3 heterocycles. The lowest BCUT2D eigenvalue weighted by atomic mass is 10.0. The molecule has 6 rings (SSSR count). The van der Waals surface area contributed by atoms with E-state index in [0.717, 1.165) is 16.7 Å². The molecular formula is C27H26O6. The third kappa shape index (κ3) is 4.34. The van der Waals surface area contributed by atoms with Crippen molar-refractivity contribution in [3.63, 3.8) is 0 Å². The molecule has 0 saturated carbocycles. The zero-order valence-corrected chi connectivity index (χ0v) is 18.1. The lowest BCUT2D eigenvalue weighted by molar-refractivity contribution is -0.324. The van der Waals surface area contributed by atoms with Gasteiger partial charge in [-0.2, -0.15) is 0 Å². The van der Waals surface area contributed by atoms with Crippen molar-refractivity contribution >= 4 is 0 Å². The molecule has 3 aromatic rings. The van der Waals surface area contributed by atoms with Crippen molar-refractivity contribution in [1.82, 2.24) is 0 Å². The molecule has 0 bridgehead atoms. The summed E-state index contributed by atoms with van der Waals surface area (Å²) in [5, 5.41) is 0. The summed E-state index contributed by atoms with van der Waals surface area (Å²) in [6.45, 7) is 0.691. The molecule has 3 aromatic carbocycles. The molecule has 6 heteroatoms. The third-order valence-electron chi connectivity index (χ3n) is 6.25. The van der Waals surface area contributed by atoms with Crippen LogP contribution in [0.2, 0.25) is 0 Å². The average Bonchev–Trinajstić information content (AvgIpc) is 3.30. The van der Waals surface area contributed by atoms with Gasteiger partial charge in [-0.25, -0.2) is 0 Å². The lowest BCUT2D eigenvalue weighted by Gasteiger charge is -2.42. The van der Waals surface area contributed by atoms with E-state index in [4.69, 9.17) is 28.4 Å². The Bertz CT molecular complexity index is 993. The van der Waals surface area contributed by atoms with Gasteiger partial charge in [-0.3, -0.25) is 0 Å². The van der Waals surface area contributed by atoms with Crippen LogP contribution in [0.5, 0.6) is 0 Å². The zero-order chi connectivity index (χ0) is 22.0. The highest BCUT2D eigenvalue weighted by atomic mass is 16.8. The van der Waals surface area contributed by atoms with Crippen molar-refractivity contribution in [2.24, 2.45) is 0 Å². The molecular weight excluding hydrogens is 420 g/mol. The first kappa shape index (κ1) is 21.0. The molecule has 6 nitrogen and oxygen atoms in total. The highest BCUT2D eigenvalue weighted by Gasteiger charge is 2.50. The van der Waals surface area contributed by atoms with Gasteiger partial charge < -0.3 is 28.4 Å². The van der Waals surface area contributed by atoms with Crippen molar-refractivity contribution in [2.45, 2.75) is 43.3 Å². The SMILES string of the molecule is c1ccc(C2OC[C@H]3OC(c4ccccc4)OC[C@@H]4OC(c5ccccc5)O[C@@H]4[C@H]3O2)cc1. The Labute approximate surface area is 192 Å². The maximum atomic E-state index is 6.49. The van der Waals surface area contributed by atoms with Crippen molar-refractivity contribution in [1.29, 1.82) is 0 Å². The maximum Gasteiger partial charge on any atom is 0.184 e. The number of hydrogen-bond donors (Lipinski definition) is 0. The van der Waals surface area contributed by atoms with E-state index in [1.54, 1.807) is 0 Å². The summed E-state index contributed by atoms with van der Waals surface area (Å²) in [5.41, 5.74) is 2.87. The van der Waals surface area contributed by atoms with Crippen molar-refractivity contribution in [2.75, 3.05) is 13.2 Å². The van der Waals surface area contributed by atoms with Crippen LogP contribution < -0.4 is 0 Å². The van der Waals surface area contributed by atoms with Crippen LogP contribution in [0.4, 0.5) is 0 Å². The van der Waals surface area contributed by atoms with Crippen LogP contribution in [0, 0.1) is 0 Å². The van der Waals surface area contributed by atoms with Crippen LogP contribution in [0.1, 0.15) is 35.6 Å². The highest BCUT2D eigenvalue weighted by Crippen LogP contribution is 2.41. The van der Waals surface area contributed by atoms with Gasteiger partial charge in [0.2, 0.25) is 0 Å². The van der Waals surface area contributed by atoms with Gasteiger partial charge in [-0.15, -0.1) is 0 Å². The average molecular weight is 446 g/mol. The molecule has 0 radical (unpaired) electrons. The Hall–Kier alpha value is -2.58. The fourth-order valence-corrected chi connectivity index (χ4v) is 4.59. The standard InChI is InChI=1S/C27H26O6/c1-4-10-18(11-5-1)25-28-17-22-24(33-27(31-22)20-14-8-3-9-15-20)23-21(30-25)16-29-26(32-23)19-12-6-2-7-13-19/h1-15,21-27H,16-17H2/t21-,22+,23+,24+,25?,26?,27?/m1/s1. The minimum absolute atomic E-state index is 0.299. The fraction of sp³-hybridized carbons (Fsp3) is 0.333. The Morgan fingerprint density at radius 1 is 0.424 bits per heavy atom. The van der Waals surface area contributed by atoms with Crippen LogP contribution in [0.15, 0.2) is 91.0 Å². The van der Waals surface area contributed by atoms with Crippen LogP contribution in [-0.4, -0.2) is 37.6 Å². The molecule has 3 fully saturated rings. The van der Waals surface area contributed by atoms with Gasteiger partial charge >= 0.3 is 0 Å². The topological polar surface area (TPSA) is 55.4 Å². The number of fused-ring (bicyclic) bond motifs is 3. The van der Waals surface area contributed by atoms with E-state index in [1.807, 2.05) is 91.0 Å². The Morgan fingerprint density at radius 2 is 0.788 bits per heavy atom. The van der Waals surface area contributed by atoms with Gasteiger partial charge in [0, 0.05) is 16.7 Å². The predicted octanol–water partition coefficient (Wildman–Crippen LogP) is 4.70. The summed E-state index contributed by atoms with van der Waals surface area (Å²) in [6, 6.07) is 29.8. The Balaban J connectivity index is 1.30. The van der Waals surface area contributed by atoms with Gasteiger partial charge in [0.25, 0.3) is 0 Å². The highest BCUT2D eigenvalue weighted by molar-refractivity contribution is 5.19. The summed E-state index contributed by atoms with van der Waals surface area (Å²) in [4.78, 5) is 0. The summed E-state index contributed by atoms with van der Waals surface area (Å²) in [7, 11) is 0. The molecule has 3 saturated heterocycles. The van der Waals surface area contributed by atoms with Crippen molar-refractivity contribution < 1.29 is 28.4 Å². The Morgan fingerprint density at radius 3 is 1.27 bits per heavy atom. The Kier molecular flexibility index (Phi) is 5.94. The van der Waals surface area contributed by atoms with E-state index in [9.17, 15) is 0 Å². The molecule has 33 heavy (non-hydrogen) atoms. The first-order chi connectivity index (χ1) is 16.3. The van der Waals surface area contributed by atoms with Crippen LogP contribution >= 0.6 is 0 Å². The quantitative estimate of drug-likeness (QED) is 0.582. The summed E-state index contributed by atoms with van der Waals surface area (Å²) < 4.78 is 37.9. The molecule has 0 spiro atoms. The number of ether oxygens (including phenoxy) is 6. The molecule has 170 valence electrons. The van der Waals surface area contributed by atoms with Gasteiger partial charge in [-0.1, -0.05) is 91.0 Å². The molecule has 3 aliphatic rings. The molecule has 3 aliphatic heterocycles. The molecule has 0 aromatic heterocycles. The maximum absolute atomic E-state index is 6.49. The fourth-order valence-electron chi connectivity index (χ4n) is 4.59. The van der Waals surface area contributed by atoms with Gasteiger partial charge in [0.15, 0.2) is 18.9 Å². The summed E-state index contributed by atoms with van der Waals surface area (Å²) >= 11 is 0. The molecule has 0 amide bonds. The third-order valence-corrected chi connectivity index (χ3v) is 6.25. The van der Waals surface area contributed by atoms with E-state index in [0.29, 0.717) is 13.2 Å². The molecule has 0 N–H and O–H groups in total. The number of hydrogen-bond acceptors (Lipinski definition) is 6. The summed E-state index contributed by atoms with van der Waals surface area (Å²) in [6.07, 6.45) is -2.93. The second kappa shape index (κ2) is 9.35. The first-order valence-electron chi connectivity index (χ1n) is 11.3. The summed E-state index contributed by atoms with van der Waals surface area (Å²) in [5.74, 6) is 0. The molecule has 7 atom stereocenters. The normalized spacial score (nSPS) is 34.0. The van der Waals surface area contributed by atoms with E-state index in [2.05, 4.69) is 0 Å². The van der Waals surface area contributed by atoms with E-state index >= 15 is 0 Å². The predicted molar refractivity (Wildman–Crippen MR) is 119 cm³/mol. The largest absolute Gasteiger partial charge is 0.346 e. The van der Waals surface area contributed by atoms with E-state index < -0.39 is 18.9 Å². The first-order valence-corrected chi connectivity index (χ1v) is 11.3. The second-order valence-corrected chi connectivity index (χ2v) is 8.44. The lowest BCUT2D eigenvalue weighted by Crippen LogP contribution is -2.54. The number of rotatable bonds is 3. The van der Waals surface area contributed by atoms with Gasteiger partial charge in [0.05, 0.1) is 13.2 Å². The van der Waals surface area contributed by atoms with Crippen LogP contribution in [0.3, 0.4) is 0 Å². The van der Waals surface area contributed by atoms with Crippen LogP contribution in [-0.2, 0) is 28.4 Å². The molecule has 3 unspecified atom stereocenters. The smallest absolute Gasteiger partial charge is 0.184 e. The van der Waals surface area contributed by atoms with Crippen molar-refractivity contribution in [3.8, 4) is 0 Å². The monoisotopic (exact) mass is 446 g/mol. The van der Waals surface area contributed by atoms with E-state index in [1.165, 1.54) is 0 Å². The van der Waals surface area contributed by atoms with Crippen LogP contribution in [0.25, 0.3) is 0 Å². The van der Waals surface area contributed by atoms with Crippen molar-refractivity contribution in [3.05, 3.63) is 108 Å². The second-order valence-electron chi connectivity index (χ2n) is 8.44. The van der Waals surface area contributed by atoms with Gasteiger partial charge in [-0.05, 0) is 0 Å². The number of benzene rings is 3. The van der Waals surface area contributed by atoms with E-state index in [-0.39, 0.29) is 24.4 Å². The minimum atomic E-state index is -0.542.